The van der Waals surface area contributed by atoms with E-state index in [4.69, 9.17) is 14.8 Å². The Morgan fingerprint density at radius 1 is 1.21 bits per heavy atom. The first-order chi connectivity index (χ1) is 9.15. The molecule has 0 radical (unpaired) electrons. The van der Waals surface area contributed by atoms with Gasteiger partial charge in [0.05, 0.1) is 0 Å². The van der Waals surface area contributed by atoms with Crippen LogP contribution in [0.3, 0.4) is 0 Å². The lowest BCUT2D eigenvalue weighted by Gasteiger charge is -2.32. The Kier molecular flexibility index (Phi) is 5.21. The first-order valence-electron chi connectivity index (χ1n) is 6.65. The third-order valence-corrected chi connectivity index (χ3v) is 3.43. The van der Waals surface area contributed by atoms with E-state index in [0.29, 0.717) is 17.8 Å². The molecule has 1 aromatic rings. The summed E-state index contributed by atoms with van der Waals surface area (Å²) in [6.07, 6.45) is 0. The average Bonchev–Trinajstić information content (AvgIpc) is 2.41. The number of rotatable bonds is 5. The van der Waals surface area contributed by atoms with Gasteiger partial charge in [-0.3, -0.25) is 4.90 Å². The summed E-state index contributed by atoms with van der Waals surface area (Å²) < 4.78 is 5.65. The molecule has 1 aliphatic heterocycles. The molecule has 0 bridgehead atoms. The molecular weight excluding hydrogens is 243 g/mol. The van der Waals surface area contributed by atoms with Gasteiger partial charge >= 0.3 is 7.12 Å². The number of nitrogens with zero attached hydrogens (tertiary/aromatic N) is 2. The van der Waals surface area contributed by atoms with E-state index in [1.807, 2.05) is 6.07 Å². The van der Waals surface area contributed by atoms with Gasteiger partial charge in [-0.2, -0.15) is 0 Å². The van der Waals surface area contributed by atoms with Crippen molar-refractivity contribution in [2.75, 3.05) is 46.4 Å². The van der Waals surface area contributed by atoms with E-state index in [1.165, 1.54) is 0 Å². The second kappa shape index (κ2) is 6.91. The van der Waals surface area contributed by atoms with Crippen LogP contribution in [0.5, 0.6) is 5.75 Å². The number of hydrogen-bond acceptors (Lipinski definition) is 5. The van der Waals surface area contributed by atoms with E-state index in [2.05, 4.69) is 16.8 Å². The summed E-state index contributed by atoms with van der Waals surface area (Å²) in [5.41, 5.74) is 0.456. The van der Waals surface area contributed by atoms with Crippen molar-refractivity contribution in [2.24, 2.45) is 0 Å². The zero-order chi connectivity index (χ0) is 13.7. The van der Waals surface area contributed by atoms with Crippen molar-refractivity contribution in [1.82, 2.24) is 9.80 Å². The molecule has 0 amide bonds. The van der Waals surface area contributed by atoms with Crippen LogP contribution in [-0.2, 0) is 0 Å². The van der Waals surface area contributed by atoms with Crippen molar-refractivity contribution in [3.63, 3.8) is 0 Å². The van der Waals surface area contributed by atoms with Gasteiger partial charge in [0.25, 0.3) is 0 Å². The van der Waals surface area contributed by atoms with Crippen molar-refractivity contribution in [1.29, 1.82) is 0 Å². The van der Waals surface area contributed by atoms with Gasteiger partial charge in [-0.1, -0.05) is 12.1 Å². The van der Waals surface area contributed by atoms with E-state index in [1.54, 1.807) is 18.2 Å². The van der Waals surface area contributed by atoms with E-state index >= 15 is 0 Å². The molecule has 0 aromatic heterocycles. The lowest BCUT2D eigenvalue weighted by molar-refractivity contribution is 0.134. The highest BCUT2D eigenvalue weighted by atomic mass is 16.5. The maximum atomic E-state index is 9.09. The van der Waals surface area contributed by atoms with Crippen LogP contribution >= 0.6 is 0 Å². The first kappa shape index (κ1) is 14.3. The van der Waals surface area contributed by atoms with Crippen LogP contribution in [-0.4, -0.2) is 73.3 Å². The van der Waals surface area contributed by atoms with Crippen LogP contribution in [0.1, 0.15) is 0 Å². The topological polar surface area (TPSA) is 56.2 Å². The van der Waals surface area contributed by atoms with E-state index < -0.39 is 7.12 Å². The van der Waals surface area contributed by atoms with E-state index in [0.717, 1.165) is 32.7 Å². The molecule has 0 spiro atoms. The van der Waals surface area contributed by atoms with Gasteiger partial charge < -0.3 is 19.7 Å². The molecule has 1 fully saturated rings. The van der Waals surface area contributed by atoms with E-state index in [-0.39, 0.29) is 0 Å². The Bertz CT molecular complexity index is 395. The highest BCUT2D eigenvalue weighted by Gasteiger charge is 2.14. The van der Waals surface area contributed by atoms with Crippen molar-refractivity contribution >= 4 is 12.6 Å². The van der Waals surface area contributed by atoms with E-state index in [9.17, 15) is 0 Å². The lowest BCUT2D eigenvalue weighted by atomic mass is 9.80. The maximum absolute atomic E-state index is 9.09. The monoisotopic (exact) mass is 264 g/mol. The summed E-state index contributed by atoms with van der Waals surface area (Å²) >= 11 is 0. The van der Waals surface area contributed by atoms with Gasteiger partial charge in [-0.25, -0.2) is 0 Å². The lowest BCUT2D eigenvalue weighted by Crippen LogP contribution is -2.45. The van der Waals surface area contributed by atoms with Crippen molar-refractivity contribution < 1.29 is 14.8 Å². The zero-order valence-corrected chi connectivity index (χ0v) is 11.3. The molecule has 19 heavy (non-hydrogen) atoms. The molecule has 1 aromatic carbocycles. The Morgan fingerprint density at radius 2 is 1.95 bits per heavy atom. The van der Waals surface area contributed by atoms with Crippen LogP contribution in [0.2, 0.25) is 0 Å². The highest BCUT2D eigenvalue weighted by molar-refractivity contribution is 6.58. The molecule has 1 heterocycles. The molecule has 0 atom stereocenters. The summed E-state index contributed by atoms with van der Waals surface area (Å²) in [5.74, 6) is 0.680. The van der Waals surface area contributed by atoms with Crippen molar-refractivity contribution in [3.8, 4) is 5.75 Å². The SMILES string of the molecule is CN1CCN(CCOc2cccc(B(O)O)c2)CC1. The normalized spacial score (nSPS) is 17.4. The largest absolute Gasteiger partial charge is 0.492 e. The molecule has 0 saturated carbocycles. The molecule has 0 unspecified atom stereocenters. The minimum atomic E-state index is -1.44. The minimum absolute atomic E-state index is 0.456. The van der Waals surface area contributed by atoms with Gasteiger partial charge in [-0.15, -0.1) is 0 Å². The standard InChI is InChI=1S/C13H21BN2O3/c1-15-5-7-16(8-6-15)9-10-19-13-4-2-3-12(11-13)14(17)18/h2-4,11,17-18H,5-10H2,1H3. The maximum Gasteiger partial charge on any atom is 0.488 e. The van der Waals surface area contributed by atoms with Gasteiger partial charge in [-0.05, 0) is 24.6 Å². The zero-order valence-electron chi connectivity index (χ0n) is 11.3. The van der Waals surface area contributed by atoms with Gasteiger partial charge in [0.2, 0.25) is 0 Å². The minimum Gasteiger partial charge on any atom is -0.492 e. The third kappa shape index (κ3) is 4.51. The van der Waals surface area contributed by atoms with Crippen LogP contribution in [0.4, 0.5) is 0 Å². The average molecular weight is 264 g/mol. The van der Waals surface area contributed by atoms with Gasteiger partial charge in [0.1, 0.15) is 12.4 Å². The Balaban J connectivity index is 1.75. The summed E-state index contributed by atoms with van der Waals surface area (Å²) in [7, 11) is 0.695. The number of hydrogen-bond donors (Lipinski definition) is 2. The smallest absolute Gasteiger partial charge is 0.488 e. The Hall–Kier alpha value is -1.08. The summed E-state index contributed by atoms with van der Waals surface area (Å²) in [4.78, 5) is 4.70. The van der Waals surface area contributed by atoms with Crippen LogP contribution in [0, 0.1) is 0 Å². The Morgan fingerprint density at radius 3 is 2.63 bits per heavy atom. The molecule has 1 aliphatic rings. The fourth-order valence-electron chi connectivity index (χ4n) is 2.13. The molecule has 6 heteroatoms. The summed E-state index contributed by atoms with van der Waals surface area (Å²) in [6.45, 7) is 5.89. The first-order valence-corrected chi connectivity index (χ1v) is 6.65. The predicted molar refractivity (Wildman–Crippen MR) is 75.7 cm³/mol. The predicted octanol–water partition coefficient (Wildman–Crippen LogP) is -1.01. The molecule has 5 nitrogen and oxygen atoms in total. The molecule has 1 saturated heterocycles. The number of piperazine rings is 1. The van der Waals surface area contributed by atoms with Gasteiger partial charge in [0, 0.05) is 32.7 Å². The third-order valence-electron chi connectivity index (χ3n) is 3.43. The van der Waals surface area contributed by atoms with Crippen molar-refractivity contribution in [2.45, 2.75) is 0 Å². The fourth-order valence-corrected chi connectivity index (χ4v) is 2.13. The number of benzene rings is 1. The molecule has 0 aliphatic carbocycles. The summed E-state index contributed by atoms with van der Waals surface area (Å²) in [6, 6.07) is 6.92. The fraction of sp³-hybridized carbons (Fsp3) is 0.538. The quantitative estimate of drug-likeness (QED) is 0.668. The summed E-state index contributed by atoms with van der Waals surface area (Å²) in [5, 5.41) is 18.2. The van der Waals surface area contributed by atoms with Crippen LogP contribution < -0.4 is 10.2 Å². The molecule has 2 N–H and O–H groups in total. The van der Waals surface area contributed by atoms with Crippen LogP contribution in [0.25, 0.3) is 0 Å². The molecule has 2 rings (SSSR count). The number of likely N-dealkylation sites (N-methyl/N-ethyl adjacent to an activating group) is 1. The molecular formula is C13H21BN2O3. The van der Waals surface area contributed by atoms with Gasteiger partial charge in [0.15, 0.2) is 0 Å². The molecule has 104 valence electrons. The second-order valence-corrected chi connectivity index (χ2v) is 4.94. The highest BCUT2D eigenvalue weighted by Crippen LogP contribution is 2.08. The number of ether oxygens (including phenoxy) is 1. The second-order valence-electron chi connectivity index (χ2n) is 4.94. The Labute approximate surface area is 114 Å². The van der Waals surface area contributed by atoms with Crippen molar-refractivity contribution in [3.05, 3.63) is 24.3 Å². The van der Waals surface area contributed by atoms with Crippen LogP contribution in [0.15, 0.2) is 24.3 Å².